The molecule has 0 atom stereocenters. The van der Waals surface area contributed by atoms with Crippen molar-refractivity contribution in [2.45, 2.75) is 39.5 Å². The molecule has 13 heteroatoms. The second-order valence-electron chi connectivity index (χ2n) is 10.3. The zero-order chi connectivity index (χ0) is 31.3. The molecule has 0 spiro atoms. The van der Waals surface area contributed by atoms with Gasteiger partial charge in [0.05, 0.1) is 29.6 Å². The van der Waals surface area contributed by atoms with Gasteiger partial charge in [0.25, 0.3) is 5.56 Å². The van der Waals surface area contributed by atoms with Crippen LogP contribution in [0.3, 0.4) is 0 Å². The van der Waals surface area contributed by atoms with Crippen molar-refractivity contribution in [1.29, 1.82) is 0 Å². The Kier molecular flexibility index (Phi) is 7.84. The van der Waals surface area contributed by atoms with Crippen LogP contribution in [0.15, 0.2) is 59.4 Å². The Morgan fingerprint density at radius 2 is 1.91 bits per heavy atom. The van der Waals surface area contributed by atoms with Crippen LogP contribution in [0.1, 0.15) is 31.0 Å². The van der Waals surface area contributed by atoms with Gasteiger partial charge in [-0.3, -0.25) is 14.2 Å². The fourth-order valence-corrected chi connectivity index (χ4v) is 7.25. The first kappa shape index (κ1) is 29.7. The van der Waals surface area contributed by atoms with E-state index in [0.29, 0.717) is 44.7 Å². The number of thiazole rings is 1. The minimum absolute atomic E-state index is 0.0178. The van der Waals surface area contributed by atoms with Crippen molar-refractivity contribution in [3.05, 3.63) is 87.1 Å². The van der Waals surface area contributed by atoms with Crippen LogP contribution < -0.4 is 10.3 Å². The number of fused-ring (bicyclic) bond motifs is 2. The number of amides is 1. The lowest BCUT2D eigenvalue weighted by atomic mass is 9.98. The predicted octanol–water partition coefficient (Wildman–Crippen LogP) is 7.45. The number of alkyl halides is 2. The van der Waals surface area contributed by atoms with Crippen LogP contribution >= 0.6 is 22.7 Å². The summed E-state index contributed by atoms with van der Waals surface area (Å²) in [6, 6.07) is 6.05. The summed E-state index contributed by atoms with van der Waals surface area (Å²) in [5.74, 6) is -1.94. The van der Waals surface area contributed by atoms with Crippen LogP contribution in [0, 0.1) is 11.6 Å². The van der Waals surface area contributed by atoms with E-state index < -0.39 is 29.8 Å². The molecule has 44 heavy (non-hydrogen) atoms. The van der Waals surface area contributed by atoms with E-state index in [2.05, 4.69) is 6.58 Å². The normalized spacial score (nSPS) is 13.1. The van der Waals surface area contributed by atoms with Crippen molar-refractivity contribution in [3.8, 4) is 38.8 Å². The Hall–Kier alpha value is -4.36. The van der Waals surface area contributed by atoms with Gasteiger partial charge < -0.3 is 9.64 Å². The van der Waals surface area contributed by atoms with Crippen LogP contribution in [-0.4, -0.2) is 38.0 Å². The molecule has 1 aromatic carbocycles. The van der Waals surface area contributed by atoms with Crippen LogP contribution in [0.25, 0.3) is 43.2 Å². The van der Waals surface area contributed by atoms with Crippen LogP contribution in [0.4, 0.5) is 17.6 Å². The van der Waals surface area contributed by atoms with E-state index in [1.807, 2.05) is 0 Å². The van der Waals surface area contributed by atoms with Gasteiger partial charge in [0.1, 0.15) is 28.1 Å². The van der Waals surface area contributed by atoms with Crippen molar-refractivity contribution in [3.63, 3.8) is 0 Å². The maximum absolute atomic E-state index is 15.9. The first-order valence-corrected chi connectivity index (χ1v) is 15.2. The minimum atomic E-state index is -3.07. The second kappa shape index (κ2) is 11.6. The number of thiophene rings is 1. The van der Waals surface area contributed by atoms with Gasteiger partial charge >= 0.3 is 6.55 Å². The summed E-state index contributed by atoms with van der Waals surface area (Å²) in [4.78, 5) is 36.6. The van der Waals surface area contributed by atoms with E-state index in [1.54, 1.807) is 30.2 Å². The quantitative estimate of drug-likeness (QED) is 0.137. The molecular weight excluding hydrogens is 616 g/mol. The van der Waals surface area contributed by atoms with E-state index in [-0.39, 0.29) is 34.2 Å². The first-order chi connectivity index (χ1) is 21.0. The summed E-state index contributed by atoms with van der Waals surface area (Å²) < 4.78 is 64.5. The van der Waals surface area contributed by atoms with E-state index in [1.165, 1.54) is 34.8 Å². The average Bonchev–Trinajstić information content (AvgIpc) is 3.63. The summed E-state index contributed by atoms with van der Waals surface area (Å²) in [5, 5.41) is 2.66. The number of nitrogens with zero attached hydrogens (tertiary/aromatic N) is 4. The van der Waals surface area contributed by atoms with E-state index in [9.17, 15) is 22.8 Å². The van der Waals surface area contributed by atoms with Crippen LogP contribution in [-0.2, 0) is 17.8 Å². The number of carbonyl (C=O) groups is 1. The summed E-state index contributed by atoms with van der Waals surface area (Å²) in [5.41, 5.74) is 0.906. The Morgan fingerprint density at radius 1 is 1.11 bits per heavy atom. The molecule has 1 aliphatic heterocycles. The van der Waals surface area contributed by atoms with E-state index in [4.69, 9.17) is 14.7 Å². The standard InChI is InChI=1S/C31H24F4N4O3S2/c1-4-23(40)38-9-7-20-22(14-38)44-30(36-20)28-26(25-19(33)11-17(32)12-21(25)42-15(2)3)29-18(8-10-43-29)27(37-28)16-5-6-24(41)39(13-16)31(34)35/h4-6,8,10-13,15,31H,1,7,9,14H2,2-3H3. The number of ether oxygens (including phenoxy) is 1. The maximum atomic E-state index is 15.9. The lowest BCUT2D eigenvalue weighted by Crippen LogP contribution is -2.34. The number of halogens is 4. The van der Waals surface area contributed by atoms with Gasteiger partial charge in [-0.1, -0.05) is 6.58 Å². The molecule has 4 aromatic heterocycles. The Morgan fingerprint density at radius 3 is 2.64 bits per heavy atom. The van der Waals surface area contributed by atoms with Crippen molar-refractivity contribution in [1.82, 2.24) is 19.4 Å². The Bertz CT molecular complexity index is 2000. The zero-order valence-corrected chi connectivity index (χ0v) is 25.1. The van der Waals surface area contributed by atoms with Crippen LogP contribution in [0.2, 0.25) is 0 Å². The predicted molar refractivity (Wildman–Crippen MR) is 162 cm³/mol. The molecule has 0 aliphatic carbocycles. The Labute approximate surface area is 256 Å². The molecule has 6 rings (SSSR count). The highest BCUT2D eigenvalue weighted by molar-refractivity contribution is 7.18. The van der Waals surface area contributed by atoms with Gasteiger partial charge in [0, 0.05) is 63.5 Å². The zero-order valence-electron chi connectivity index (χ0n) is 23.4. The number of carbonyl (C=O) groups excluding carboxylic acids is 1. The molecule has 0 radical (unpaired) electrons. The summed E-state index contributed by atoms with van der Waals surface area (Å²) in [6.07, 6.45) is 2.34. The van der Waals surface area contributed by atoms with Crippen molar-refractivity contribution in [2.75, 3.05) is 6.54 Å². The molecule has 226 valence electrons. The van der Waals surface area contributed by atoms with Crippen molar-refractivity contribution in [2.24, 2.45) is 0 Å². The van der Waals surface area contributed by atoms with Crippen LogP contribution in [0.5, 0.6) is 5.75 Å². The number of rotatable bonds is 7. The highest BCUT2D eigenvalue weighted by Crippen LogP contribution is 2.48. The molecule has 0 fully saturated rings. The molecule has 5 aromatic rings. The minimum Gasteiger partial charge on any atom is -0.490 e. The third-order valence-corrected chi connectivity index (χ3v) is 9.10. The molecule has 0 unspecified atom stereocenters. The number of pyridine rings is 2. The number of benzene rings is 1. The average molecular weight is 641 g/mol. The van der Waals surface area contributed by atoms with Gasteiger partial charge in [0.2, 0.25) is 5.91 Å². The summed E-state index contributed by atoms with van der Waals surface area (Å²) in [7, 11) is 0. The first-order valence-electron chi connectivity index (χ1n) is 13.5. The Balaban J connectivity index is 1.66. The SMILES string of the molecule is C=CC(=O)N1CCc2nc(-c3nc(-c4ccc(=O)n(C(F)F)c4)c4ccsc4c3-c3c(F)cc(F)cc3OC(C)C)sc2C1. The highest BCUT2D eigenvalue weighted by Gasteiger charge is 2.29. The van der Waals surface area contributed by atoms with E-state index >= 15 is 4.39 Å². The second-order valence-corrected chi connectivity index (χ2v) is 12.3. The fraction of sp³-hybridized carbons (Fsp3) is 0.226. The van der Waals surface area contributed by atoms with Gasteiger partial charge in [0.15, 0.2) is 0 Å². The molecule has 0 N–H and O–H groups in total. The molecule has 1 aliphatic rings. The molecule has 0 saturated carbocycles. The molecule has 0 saturated heterocycles. The van der Waals surface area contributed by atoms with Gasteiger partial charge in [-0.25, -0.2) is 18.7 Å². The number of hydrogen-bond donors (Lipinski definition) is 0. The lowest BCUT2D eigenvalue weighted by molar-refractivity contribution is -0.126. The monoisotopic (exact) mass is 640 g/mol. The summed E-state index contributed by atoms with van der Waals surface area (Å²) in [6.45, 7) is 4.69. The molecule has 7 nitrogen and oxygen atoms in total. The van der Waals surface area contributed by atoms with Gasteiger partial charge in [-0.05, 0) is 37.4 Å². The largest absolute Gasteiger partial charge is 0.490 e. The molecule has 0 bridgehead atoms. The molecular formula is C31H24F4N4O3S2. The third kappa shape index (κ3) is 5.30. The number of aromatic nitrogens is 3. The maximum Gasteiger partial charge on any atom is 0.321 e. The summed E-state index contributed by atoms with van der Waals surface area (Å²) >= 11 is 2.54. The van der Waals surface area contributed by atoms with Crippen molar-refractivity contribution < 1.29 is 27.1 Å². The van der Waals surface area contributed by atoms with Gasteiger partial charge in [-0.2, -0.15) is 8.78 Å². The topological polar surface area (TPSA) is 77.3 Å². The molecule has 5 heterocycles. The smallest absolute Gasteiger partial charge is 0.321 e. The number of hydrogen-bond acceptors (Lipinski definition) is 7. The molecule has 1 amide bonds. The highest BCUT2D eigenvalue weighted by atomic mass is 32.1. The lowest BCUT2D eigenvalue weighted by Gasteiger charge is -2.24. The third-order valence-electron chi connectivity index (χ3n) is 7.08. The van der Waals surface area contributed by atoms with Gasteiger partial charge in [-0.15, -0.1) is 22.7 Å². The van der Waals surface area contributed by atoms with E-state index in [0.717, 1.165) is 35.0 Å². The van der Waals surface area contributed by atoms with Crippen molar-refractivity contribution >= 4 is 38.7 Å². The fourth-order valence-electron chi connectivity index (χ4n) is 5.18.